The number of aliphatic hydroxyl groups is 1. The van der Waals surface area contributed by atoms with E-state index >= 15 is 0 Å². The van der Waals surface area contributed by atoms with E-state index in [2.05, 4.69) is 27.0 Å². The van der Waals surface area contributed by atoms with Gasteiger partial charge in [0.05, 0.1) is 0 Å². The average molecular weight is 331 g/mol. The first-order valence-corrected chi connectivity index (χ1v) is 7.36. The SMILES string of the molecule is CCn1ccnc1C(O)c1ccc2cc(Br)ccc2c1. The zero-order chi connectivity index (χ0) is 14.1. The van der Waals surface area contributed by atoms with Crippen LogP contribution in [0.2, 0.25) is 0 Å². The molecule has 0 saturated carbocycles. The molecule has 0 fully saturated rings. The summed E-state index contributed by atoms with van der Waals surface area (Å²) in [5.41, 5.74) is 0.862. The van der Waals surface area contributed by atoms with E-state index in [0.29, 0.717) is 5.82 Å². The summed E-state index contributed by atoms with van der Waals surface area (Å²) in [5.74, 6) is 0.684. The van der Waals surface area contributed by atoms with E-state index in [1.165, 1.54) is 0 Å². The highest BCUT2D eigenvalue weighted by molar-refractivity contribution is 9.10. The fraction of sp³-hybridized carbons (Fsp3) is 0.188. The molecular weight excluding hydrogens is 316 g/mol. The molecule has 4 heteroatoms. The Hall–Kier alpha value is -1.65. The monoisotopic (exact) mass is 330 g/mol. The molecule has 3 nitrogen and oxygen atoms in total. The Morgan fingerprint density at radius 3 is 2.75 bits per heavy atom. The predicted molar refractivity (Wildman–Crippen MR) is 83.6 cm³/mol. The summed E-state index contributed by atoms with van der Waals surface area (Å²) in [4.78, 5) is 4.26. The lowest BCUT2D eigenvalue weighted by atomic mass is 10.0. The fourth-order valence-electron chi connectivity index (χ4n) is 2.39. The molecule has 0 aliphatic heterocycles. The average Bonchev–Trinajstić information content (AvgIpc) is 2.94. The van der Waals surface area contributed by atoms with Gasteiger partial charge >= 0.3 is 0 Å². The van der Waals surface area contributed by atoms with E-state index in [0.717, 1.165) is 27.4 Å². The van der Waals surface area contributed by atoms with Gasteiger partial charge in [0.1, 0.15) is 11.9 Å². The number of hydrogen-bond acceptors (Lipinski definition) is 2. The molecule has 0 aliphatic carbocycles. The quantitative estimate of drug-likeness (QED) is 0.790. The van der Waals surface area contributed by atoms with Gasteiger partial charge in [-0.3, -0.25) is 0 Å². The Morgan fingerprint density at radius 1 is 1.20 bits per heavy atom. The number of aliphatic hydroxyl groups excluding tert-OH is 1. The molecule has 1 heterocycles. The molecule has 1 aromatic heterocycles. The van der Waals surface area contributed by atoms with Gasteiger partial charge in [-0.25, -0.2) is 4.98 Å². The van der Waals surface area contributed by atoms with Crippen LogP contribution in [0.3, 0.4) is 0 Å². The molecule has 1 unspecified atom stereocenters. The van der Waals surface area contributed by atoms with E-state index in [1.807, 2.05) is 48.0 Å². The van der Waals surface area contributed by atoms with Crippen LogP contribution in [0.15, 0.2) is 53.3 Å². The molecular formula is C16H15BrN2O. The first kappa shape index (κ1) is 13.3. The van der Waals surface area contributed by atoms with Crippen molar-refractivity contribution in [3.8, 4) is 0 Å². The van der Waals surface area contributed by atoms with Gasteiger partial charge < -0.3 is 9.67 Å². The number of fused-ring (bicyclic) bond motifs is 1. The largest absolute Gasteiger partial charge is 0.380 e. The minimum Gasteiger partial charge on any atom is -0.380 e. The number of benzene rings is 2. The Labute approximate surface area is 126 Å². The molecule has 0 radical (unpaired) electrons. The molecule has 0 amide bonds. The molecule has 1 N–H and O–H groups in total. The second kappa shape index (κ2) is 5.38. The molecule has 1 atom stereocenters. The highest BCUT2D eigenvalue weighted by Crippen LogP contribution is 2.26. The highest BCUT2D eigenvalue weighted by Gasteiger charge is 2.15. The van der Waals surface area contributed by atoms with Crippen LogP contribution < -0.4 is 0 Å². The van der Waals surface area contributed by atoms with Crippen molar-refractivity contribution in [2.75, 3.05) is 0 Å². The lowest BCUT2D eigenvalue weighted by Gasteiger charge is -2.13. The van der Waals surface area contributed by atoms with E-state index in [-0.39, 0.29) is 0 Å². The van der Waals surface area contributed by atoms with Crippen LogP contribution in [0.25, 0.3) is 10.8 Å². The summed E-state index contributed by atoms with van der Waals surface area (Å²) < 4.78 is 3.01. The molecule has 0 bridgehead atoms. The maximum Gasteiger partial charge on any atom is 0.142 e. The first-order chi connectivity index (χ1) is 9.69. The van der Waals surface area contributed by atoms with Crippen LogP contribution in [0, 0.1) is 0 Å². The van der Waals surface area contributed by atoms with Crippen molar-refractivity contribution in [3.05, 3.63) is 64.7 Å². The summed E-state index contributed by atoms with van der Waals surface area (Å²) in [6, 6.07) is 12.1. The van der Waals surface area contributed by atoms with Crippen LogP contribution in [-0.2, 0) is 6.54 Å². The summed E-state index contributed by atoms with van der Waals surface area (Å²) in [6.45, 7) is 2.84. The minimum atomic E-state index is -0.696. The lowest BCUT2D eigenvalue weighted by molar-refractivity contribution is 0.205. The number of halogens is 1. The Bertz CT molecular complexity index is 751. The number of aryl methyl sites for hydroxylation is 1. The topological polar surface area (TPSA) is 38.0 Å². The molecule has 0 spiro atoms. The minimum absolute atomic E-state index is 0.684. The van der Waals surface area contributed by atoms with Crippen molar-refractivity contribution in [1.82, 2.24) is 9.55 Å². The van der Waals surface area contributed by atoms with Gasteiger partial charge in [0.25, 0.3) is 0 Å². The van der Waals surface area contributed by atoms with Crippen molar-refractivity contribution in [2.24, 2.45) is 0 Å². The van der Waals surface area contributed by atoms with Crippen molar-refractivity contribution in [1.29, 1.82) is 0 Å². The van der Waals surface area contributed by atoms with Gasteiger partial charge in [0, 0.05) is 23.4 Å². The van der Waals surface area contributed by atoms with Crippen LogP contribution in [0.1, 0.15) is 24.4 Å². The van der Waals surface area contributed by atoms with E-state index in [1.54, 1.807) is 6.20 Å². The maximum absolute atomic E-state index is 10.5. The molecule has 20 heavy (non-hydrogen) atoms. The predicted octanol–water partition coefficient (Wildman–Crippen LogP) is 3.90. The maximum atomic E-state index is 10.5. The summed E-state index contributed by atoms with van der Waals surface area (Å²) in [6.07, 6.45) is 2.91. The van der Waals surface area contributed by atoms with Gasteiger partial charge in [0.15, 0.2) is 0 Å². The third-order valence-corrected chi connectivity index (χ3v) is 3.97. The van der Waals surface area contributed by atoms with Crippen molar-refractivity contribution in [3.63, 3.8) is 0 Å². The van der Waals surface area contributed by atoms with Gasteiger partial charge in [-0.15, -0.1) is 0 Å². The molecule has 2 aromatic carbocycles. The third kappa shape index (κ3) is 2.37. The second-order valence-electron chi connectivity index (χ2n) is 4.72. The van der Waals surface area contributed by atoms with Crippen LogP contribution in [-0.4, -0.2) is 14.7 Å². The van der Waals surface area contributed by atoms with Crippen molar-refractivity contribution < 1.29 is 5.11 Å². The van der Waals surface area contributed by atoms with Gasteiger partial charge in [-0.2, -0.15) is 0 Å². The fourth-order valence-corrected chi connectivity index (χ4v) is 2.77. The Morgan fingerprint density at radius 2 is 1.95 bits per heavy atom. The molecule has 102 valence electrons. The number of nitrogens with zero attached hydrogens (tertiary/aromatic N) is 2. The summed E-state index contributed by atoms with van der Waals surface area (Å²) in [7, 11) is 0. The molecule has 0 saturated heterocycles. The van der Waals surface area contributed by atoms with Gasteiger partial charge in [-0.05, 0) is 41.5 Å². The van der Waals surface area contributed by atoms with Gasteiger partial charge in [0.2, 0.25) is 0 Å². The van der Waals surface area contributed by atoms with E-state index in [4.69, 9.17) is 0 Å². The molecule has 3 rings (SSSR count). The van der Waals surface area contributed by atoms with Crippen LogP contribution >= 0.6 is 15.9 Å². The number of aromatic nitrogens is 2. The zero-order valence-corrected chi connectivity index (χ0v) is 12.7. The summed E-state index contributed by atoms with van der Waals surface area (Å²) in [5, 5.41) is 12.8. The second-order valence-corrected chi connectivity index (χ2v) is 5.64. The number of hydrogen-bond donors (Lipinski definition) is 1. The lowest BCUT2D eigenvalue weighted by Crippen LogP contribution is -2.08. The van der Waals surface area contributed by atoms with Crippen LogP contribution in [0.5, 0.6) is 0 Å². The van der Waals surface area contributed by atoms with Crippen LogP contribution in [0.4, 0.5) is 0 Å². The van der Waals surface area contributed by atoms with Crippen molar-refractivity contribution >= 4 is 26.7 Å². The zero-order valence-electron chi connectivity index (χ0n) is 11.1. The van der Waals surface area contributed by atoms with E-state index in [9.17, 15) is 5.11 Å². The number of rotatable bonds is 3. The molecule has 0 aliphatic rings. The summed E-state index contributed by atoms with van der Waals surface area (Å²) >= 11 is 3.47. The smallest absolute Gasteiger partial charge is 0.142 e. The van der Waals surface area contributed by atoms with Gasteiger partial charge in [-0.1, -0.05) is 34.1 Å². The standard InChI is InChI=1S/C16H15BrN2O/c1-2-19-8-7-18-16(19)15(20)13-4-3-12-10-14(17)6-5-11(12)9-13/h3-10,15,20H,2H2,1H3. The Balaban J connectivity index is 2.03. The third-order valence-electron chi connectivity index (χ3n) is 3.48. The van der Waals surface area contributed by atoms with E-state index < -0.39 is 6.10 Å². The highest BCUT2D eigenvalue weighted by atomic mass is 79.9. The normalized spacial score (nSPS) is 12.8. The van der Waals surface area contributed by atoms with Crippen molar-refractivity contribution in [2.45, 2.75) is 19.6 Å². The first-order valence-electron chi connectivity index (χ1n) is 6.57. The molecule has 3 aromatic rings. The Kier molecular flexibility index (Phi) is 3.59. The number of imidazole rings is 1.